The van der Waals surface area contributed by atoms with Crippen LogP contribution in [-0.4, -0.2) is 12.6 Å². The molecule has 0 bridgehead atoms. The number of halogens is 1. The van der Waals surface area contributed by atoms with Gasteiger partial charge in [0.05, 0.1) is 0 Å². The van der Waals surface area contributed by atoms with Gasteiger partial charge in [-0.25, -0.2) is 0 Å². The summed E-state index contributed by atoms with van der Waals surface area (Å²) in [5.41, 5.74) is 11.3. The van der Waals surface area contributed by atoms with Gasteiger partial charge in [-0.1, -0.05) is 42.8 Å². The minimum atomic E-state index is 0.197. The highest BCUT2D eigenvalue weighted by molar-refractivity contribution is 6.30. The summed E-state index contributed by atoms with van der Waals surface area (Å²) < 4.78 is 0. The van der Waals surface area contributed by atoms with Gasteiger partial charge in [-0.05, 0) is 48.6 Å². The Morgan fingerprint density at radius 3 is 2.81 bits per heavy atom. The van der Waals surface area contributed by atoms with Gasteiger partial charge in [-0.2, -0.15) is 0 Å². The molecule has 2 nitrogen and oxygen atoms in total. The lowest BCUT2D eigenvalue weighted by Gasteiger charge is -2.24. The van der Waals surface area contributed by atoms with E-state index in [0.29, 0.717) is 0 Å². The van der Waals surface area contributed by atoms with Crippen molar-refractivity contribution in [2.75, 3.05) is 11.4 Å². The third-order valence-corrected chi connectivity index (χ3v) is 4.47. The fourth-order valence-corrected chi connectivity index (χ4v) is 3.14. The molecular formula is C18H21ClN2. The van der Waals surface area contributed by atoms with E-state index < -0.39 is 0 Å². The number of anilines is 2. The molecule has 1 aliphatic rings. The molecule has 3 heteroatoms. The number of hydrogen-bond acceptors (Lipinski definition) is 2. The van der Waals surface area contributed by atoms with Gasteiger partial charge >= 0.3 is 0 Å². The van der Waals surface area contributed by atoms with Gasteiger partial charge in [0.15, 0.2) is 0 Å². The van der Waals surface area contributed by atoms with Gasteiger partial charge in [0.2, 0.25) is 0 Å². The van der Waals surface area contributed by atoms with Crippen LogP contribution >= 0.6 is 11.6 Å². The van der Waals surface area contributed by atoms with Crippen LogP contribution < -0.4 is 10.6 Å². The van der Waals surface area contributed by atoms with Crippen LogP contribution in [0.25, 0.3) is 0 Å². The van der Waals surface area contributed by atoms with E-state index >= 15 is 0 Å². The Morgan fingerprint density at radius 2 is 2.00 bits per heavy atom. The second kappa shape index (κ2) is 6.08. The first-order chi connectivity index (χ1) is 10.2. The summed E-state index contributed by atoms with van der Waals surface area (Å²) >= 11 is 6.23. The largest absolute Gasteiger partial charge is 0.341 e. The highest BCUT2D eigenvalue weighted by Crippen LogP contribution is 2.37. The molecule has 3 rings (SSSR count). The van der Waals surface area contributed by atoms with Gasteiger partial charge in [-0.15, -0.1) is 0 Å². The monoisotopic (exact) mass is 300 g/mol. The predicted molar refractivity (Wildman–Crippen MR) is 90.6 cm³/mol. The van der Waals surface area contributed by atoms with Crippen molar-refractivity contribution in [3.63, 3.8) is 0 Å². The Morgan fingerprint density at radius 1 is 1.19 bits per heavy atom. The maximum Gasteiger partial charge on any atom is 0.0458 e. The molecule has 0 amide bonds. The Labute approximate surface area is 131 Å². The van der Waals surface area contributed by atoms with E-state index in [1.54, 1.807) is 0 Å². The van der Waals surface area contributed by atoms with Crippen LogP contribution in [0.5, 0.6) is 0 Å². The average molecular weight is 301 g/mol. The summed E-state index contributed by atoms with van der Waals surface area (Å²) in [4.78, 5) is 2.37. The number of fused-ring (bicyclic) bond motifs is 1. The van der Waals surface area contributed by atoms with Crippen LogP contribution in [0.15, 0.2) is 42.5 Å². The van der Waals surface area contributed by atoms with Gasteiger partial charge < -0.3 is 10.6 Å². The predicted octanol–water partition coefficient (Wildman–Crippen LogP) is 4.31. The smallest absolute Gasteiger partial charge is 0.0458 e. The number of nitrogens with zero attached hydrogens (tertiary/aromatic N) is 1. The molecule has 0 saturated carbocycles. The van der Waals surface area contributed by atoms with Crippen LogP contribution in [0, 0.1) is 0 Å². The quantitative estimate of drug-likeness (QED) is 0.911. The topological polar surface area (TPSA) is 29.3 Å². The number of rotatable bonds is 4. The lowest BCUT2D eigenvalue weighted by atomic mass is 10.0. The Bertz CT molecular complexity index is 639. The van der Waals surface area contributed by atoms with Crippen LogP contribution in [0.3, 0.4) is 0 Å². The fraction of sp³-hybridized carbons (Fsp3) is 0.333. The van der Waals surface area contributed by atoms with Crippen molar-refractivity contribution in [3.05, 3.63) is 58.6 Å². The summed E-state index contributed by atoms with van der Waals surface area (Å²) in [5, 5.41) is 0.781. The van der Waals surface area contributed by atoms with E-state index in [-0.39, 0.29) is 6.04 Å². The molecule has 1 atom stereocenters. The molecule has 0 spiro atoms. The summed E-state index contributed by atoms with van der Waals surface area (Å²) in [6, 6.07) is 14.9. The third kappa shape index (κ3) is 2.92. The first-order valence-corrected chi connectivity index (χ1v) is 7.96. The van der Waals surface area contributed by atoms with Crippen molar-refractivity contribution in [2.24, 2.45) is 5.73 Å². The van der Waals surface area contributed by atoms with Gasteiger partial charge in [0, 0.05) is 29.0 Å². The Hall–Kier alpha value is -1.51. The Kier molecular flexibility index (Phi) is 4.18. The van der Waals surface area contributed by atoms with Crippen molar-refractivity contribution in [1.82, 2.24) is 0 Å². The first kappa shape index (κ1) is 14.4. The molecule has 2 aromatic carbocycles. The van der Waals surface area contributed by atoms with Crippen molar-refractivity contribution in [1.29, 1.82) is 0 Å². The van der Waals surface area contributed by atoms with E-state index in [1.165, 1.54) is 22.5 Å². The van der Waals surface area contributed by atoms with Crippen LogP contribution in [0.2, 0.25) is 5.02 Å². The van der Waals surface area contributed by atoms with Crippen molar-refractivity contribution >= 4 is 23.0 Å². The highest BCUT2D eigenvalue weighted by Gasteiger charge is 2.22. The second-order valence-corrected chi connectivity index (χ2v) is 6.11. The van der Waals surface area contributed by atoms with Crippen LogP contribution in [0.4, 0.5) is 11.4 Å². The zero-order chi connectivity index (χ0) is 14.8. The lowest BCUT2D eigenvalue weighted by molar-refractivity contribution is 0.646. The molecule has 0 aliphatic carbocycles. The molecule has 0 saturated heterocycles. The van der Waals surface area contributed by atoms with Crippen molar-refractivity contribution in [3.8, 4) is 0 Å². The van der Waals surface area contributed by atoms with Gasteiger partial charge in [0.25, 0.3) is 0 Å². The molecule has 0 aromatic heterocycles. The van der Waals surface area contributed by atoms with E-state index in [4.69, 9.17) is 17.3 Å². The van der Waals surface area contributed by atoms with Crippen LogP contribution in [0.1, 0.15) is 24.5 Å². The molecule has 1 aliphatic heterocycles. The van der Waals surface area contributed by atoms with E-state index in [2.05, 4.69) is 48.2 Å². The minimum absolute atomic E-state index is 0.197. The zero-order valence-corrected chi connectivity index (χ0v) is 13.1. The molecule has 0 radical (unpaired) electrons. The normalized spacial score (nSPS) is 15.1. The molecule has 1 heterocycles. The fourth-order valence-electron chi connectivity index (χ4n) is 2.98. The van der Waals surface area contributed by atoms with Gasteiger partial charge in [0.1, 0.15) is 0 Å². The summed E-state index contributed by atoms with van der Waals surface area (Å²) in [7, 11) is 0. The molecule has 21 heavy (non-hydrogen) atoms. The first-order valence-electron chi connectivity index (χ1n) is 7.58. The number of para-hydroxylation sites is 1. The maximum atomic E-state index is 6.23. The standard InChI is InChI=1S/C18H21ClN2/c1-2-16(20)11-14-7-8-15(19)12-18(14)21-10-9-13-5-3-4-6-17(13)21/h3-8,12,16H,2,9-11,20H2,1H3. The highest BCUT2D eigenvalue weighted by atomic mass is 35.5. The molecule has 0 fully saturated rings. The Balaban J connectivity index is 2.00. The second-order valence-electron chi connectivity index (χ2n) is 5.68. The third-order valence-electron chi connectivity index (χ3n) is 4.23. The van der Waals surface area contributed by atoms with E-state index in [0.717, 1.165) is 30.8 Å². The number of benzene rings is 2. The molecule has 110 valence electrons. The van der Waals surface area contributed by atoms with Crippen molar-refractivity contribution < 1.29 is 0 Å². The summed E-state index contributed by atoms with van der Waals surface area (Å²) in [6.07, 6.45) is 2.96. The minimum Gasteiger partial charge on any atom is -0.341 e. The lowest BCUT2D eigenvalue weighted by Crippen LogP contribution is -2.23. The van der Waals surface area contributed by atoms with E-state index in [1.807, 2.05) is 6.07 Å². The summed E-state index contributed by atoms with van der Waals surface area (Å²) in [6.45, 7) is 3.14. The number of nitrogens with two attached hydrogens (primary N) is 1. The molecule has 2 aromatic rings. The zero-order valence-electron chi connectivity index (χ0n) is 12.3. The number of hydrogen-bond donors (Lipinski definition) is 1. The average Bonchev–Trinajstić information content (AvgIpc) is 2.92. The molecule has 2 N–H and O–H groups in total. The molecule has 1 unspecified atom stereocenters. The molecular weight excluding hydrogens is 280 g/mol. The summed E-state index contributed by atoms with van der Waals surface area (Å²) in [5.74, 6) is 0. The SMILES string of the molecule is CCC(N)Cc1ccc(Cl)cc1N1CCc2ccccc21. The van der Waals surface area contributed by atoms with Crippen molar-refractivity contribution in [2.45, 2.75) is 32.2 Å². The van der Waals surface area contributed by atoms with E-state index in [9.17, 15) is 0 Å². The van der Waals surface area contributed by atoms with Crippen LogP contribution in [-0.2, 0) is 12.8 Å². The van der Waals surface area contributed by atoms with Gasteiger partial charge in [-0.3, -0.25) is 0 Å². The maximum absolute atomic E-state index is 6.23.